The molecule has 3 heteroatoms. The summed E-state index contributed by atoms with van der Waals surface area (Å²) in [5, 5.41) is 3.55. The van der Waals surface area contributed by atoms with Crippen LogP contribution in [0.15, 0.2) is 24.3 Å². The number of nitrogens with zero attached hydrogens (tertiary/aromatic N) is 1. The van der Waals surface area contributed by atoms with Gasteiger partial charge in [-0.3, -0.25) is 4.79 Å². The van der Waals surface area contributed by atoms with Crippen molar-refractivity contribution in [2.45, 2.75) is 31.8 Å². The summed E-state index contributed by atoms with van der Waals surface area (Å²) in [6, 6.07) is 8.89. The summed E-state index contributed by atoms with van der Waals surface area (Å²) in [6.07, 6.45) is 2.42. The van der Waals surface area contributed by atoms with Crippen molar-refractivity contribution in [1.29, 1.82) is 0 Å². The van der Waals surface area contributed by atoms with Gasteiger partial charge in [0, 0.05) is 30.7 Å². The van der Waals surface area contributed by atoms with Gasteiger partial charge in [-0.2, -0.15) is 0 Å². The zero-order valence-corrected chi connectivity index (χ0v) is 10.1. The van der Waals surface area contributed by atoms with Crippen LogP contribution in [0.2, 0.25) is 0 Å². The molecule has 0 radical (unpaired) electrons. The molecule has 3 rings (SSSR count). The van der Waals surface area contributed by atoms with E-state index in [0.717, 1.165) is 24.2 Å². The molecular weight excluding hydrogens is 212 g/mol. The molecule has 1 amide bonds. The lowest BCUT2D eigenvalue weighted by atomic mass is 10.1. The molecular formula is C14H18N2O. The van der Waals surface area contributed by atoms with E-state index >= 15 is 0 Å². The Morgan fingerprint density at radius 2 is 1.88 bits per heavy atom. The molecule has 1 aromatic rings. The van der Waals surface area contributed by atoms with Crippen LogP contribution in [0.4, 0.5) is 0 Å². The van der Waals surface area contributed by atoms with Crippen molar-refractivity contribution in [3.05, 3.63) is 35.4 Å². The van der Waals surface area contributed by atoms with E-state index in [2.05, 4.69) is 5.32 Å². The normalized spacial score (nSPS) is 27.2. The highest BCUT2D eigenvalue weighted by atomic mass is 16.2. The molecule has 2 heterocycles. The molecule has 1 N–H and O–H groups in total. The summed E-state index contributed by atoms with van der Waals surface area (Å²) < 4.78 is 0. The number of amides is 1. The standard InChI is InChI=1S/C14H18N2O/c1-10-4-2-3-5-13(10)14(17)16-8-11-6-7-12(9-16)15-11/h2-5,11-12,15H,6-9H2,1H3. The van der Waals surface area contributed by atoms with Gasteiger partial charge >= 0.3 is 0 Å². The second kappa shape index (κ2) is 4.15. The van der Waals surface area contributed by atoms with Crippen LogP contribution in [0.3, 0.4) is 0 Å². The van der Waals surface area contributed by atoms with Gasteiger partial charge < -0.3 is 10.2 Å². The lowest BCUT2D eigenvalue weighted by molar-refractivity contribution is 0.0697. The van der Waals surface area contributed by atoms with Crippen molar-refractivity contribution in [3.8, 4) is 0 Å². The van der Waals surface area contributed by atoms with E-state index in [1.807, 2.05) is 36.1 Å². The molecule has 0 spiro atoms. The van der Waals surface area contributed by atoms with Crippen LogP contribution in [-0.4, -0.2) is 36.0 Å². The van der Waals surface area contributed by atoms with Crippen molar-refractivity contribution >= 4 is 5.91 Å². The highest BCUT2D eigenvalue weighted by Crippen LogP contribution is 2.22. The van der Waals surface area contributed by atoms with Gasteiger partial charge in [-0.15, -0.1) is 0 Å². The minimum Gasteiger partial charge on any atom is -0.336 e. The minimum absolute atomic E-state index is 0.196. The Kier molecular flexibility index (Phi) is 2.63. The molecule has 2 fully saturated rings. The van der Waals surface area contributed by atoms with Crippen LogP contribution in [0.5, 0.6) is 0 Å². The van der Waals surface area contributed by atoms with Crippen molar-refractivity contribution in [2.75, 3.05) is 13.1 Å². The van der Waals surface area contributed by atoms with E-state index in [1.54, 1.807) is 0 Å². The van der Waals surface area contributed by atoms with E-state index in [0.29, 0.717) is 12.1 Å². The van der Waals surface area contributed by atoms with Crippen LogP contribution in [0, 0.1) is 6.92 Å². The molecule has 2 bridgehead atoms. The lowest BCUT2D eigenvalue weighted by Gasteiger charge is -2.33. The number of carbonyl (C=O) groups excluding carboxylic acids is 1. The topological polar surface area (TPSA) is 32.3 Å². The fourth-order valence-corrected chi connectivity index (χ4v) is 2.95. The minimum atomic E-state index is 0.196. The molecule has 2 unspecified atom stereocenters. The number of rotatable bonds is 1. The molecule has 0 aliphatic carbocycles. The largest absolute Gasteiger partial charge is 0.336 e. The number of fused-ring (bicyclic) bond motifs is 2. The maximum Gasteiger partial charge on any atom is 0.254 e. The average Bonchev–Trinajstić information content (AvgIpc) is 2.68. The molecule has 2 atom stereocenters. The third-order valence-electron chi connectivity index (χ3n) is 3.88. The van der Waals surface area contributed by atoms with Crippen LogP contribution >= 0.6 is 0 Å². The number of aryl methyl sites for hydroxylation is 1. The Morgan fingerprint density at radius 3 is 2.53 bits per heavy atom. The molecule has 2 saturated heterocycles. The predicted molar refractivity (Wildman–Crippen MR) is 67.0 cm³/mol. The fourth-order valence-electron chi connectivity index (χ4n) is 2.95. The number of piperazine rings is 1. The molecule has 17 heavy (non-hydrogen) atoms. The summed E-state index contributed by atoms with van der Waals surface area (Å²) in [4.78, 5) is 14.5. The first-order chi connectivity index (χ1) is 8.24. The molecule has 0 aromatic heterocycles. The Morgan fingerprint density at radius 1 is 1.24 bits per heavy atom. The predicted octanol–water partition coefficient (Wildman–Crippen LogP) is 1.57. The van der Waals surface area contributed by atoms with Crippen LogP contribution < -0.4 is 5.32 Å². The van der Waals surface area contributed by atoms with Crippen LogP contribution in [0.25, 0.3) is 0 Å². The summed E-state index contributed by atoms with van der Waals surface area (Å²) in [6.45, 7) is 3.73. The maximum absolute atomic E-state index is 12.4. The average molecular weight is 230 g/mol. The van der Waals surface area contributed by atoms with Crippen molar-refractivity contribution in [3.63, 3.8) is 0 Å². The van der Waals surface area contributed by atoms with Gasteiger partial charge in [0.1, 0.15) is 0 Å². The number of benzene rings is 1. The SMILES string of the molecule is Cc1ccccc1C(=O)N1CC2CCC(C1)N2. The van der Waals surface area contributed by atoms with Gasteiger partial charge in [0.2, 0.25) is 0 Å². The number of likely N-dealkylation sites (tertiary alicyclic amines) is 1. The number of nitrogens with one attached hydrogen (secondary N) is 1. The monoisotopic (exact) mass is 230 g/mol. The maximum atomic E-state index is 12.4. The molecule has 90 valence electrons. The smallest absolute Gasteiger partial charge is 0.254 e. The van der Waals surface area contributed by atoms with Gasteiger partial charge in [-0.1, -0.05) is 18.2 Å². The summed E-state index contributed by atoms with van der Waals surface area (Å²) >= 11 is 0. The molecule has 0 saturated carbocycles. The van der Waals surface area contributed by atoms with Crippen molar-refractivity contribution in [1.82, 2.24) is 10.2 Å². The zero-order valence-electron chi connectivity index (χ0n) is 10.1. The number of carbonyl (C=O) groups is 1. The van der Waals surface area contributed by atoms with Crippen LogP contribution in [0.1, 0.15) is 28.8 Å². The molecule has 3 nitrogen and oxygen atoms in total. The summed E-state index contributed by atoms with van der Waals surface area (Å²) in [5.74, 6) is 0.196. The van der Waals surface area contributed by atoms with E-state index < -0.39 is 0 Å². The highest BCUT2D eigenvalue weighted by Gasteiger charge is 2.34. The molecule has 1 aromatic carbocycles. The summed E-state index contributed by atoms with van der Waals surface area (Å²) in [7, 11) is 0. The van der Waals surface area contributed by atoms with Gasteiger partial charge in [-0.05, 0) is 31.4 Å². The van der Waals surface area contributed by atoms with E-state index in [1.165, 1.54) is 12.8 Å². The van der Waals surface area contributed by atoms with Crippen LogP contribution in [-0.2, 0) is 0 Å². The lowest BCUT2D eigenvalue weighted by Crippen LogP contribution is -2.53. The number of hydrogen-bond donors (Lipinski definition) is 1. The number of hydrogen-bond acceptors (Lipinski definition) is 2. The Bertz CT molecular complexity index is 432. The first-order valence-corrected chi connectivity index (χ1v) is 6.35. The fraction of sp³-hybridized carbons (Fsp3) is 0.500. The first-order valence-electron chi connectivity index (χ1n) is 6.35. The van der Waals surface area contributed by atoms with E-state index in [-0.39, 0.29) is 5.91 Å². The van der Waals surface area contributed by atoms with E-state index in [4.69, 9.17) is 0 Å². The Labute approximate surface area is 102 Å². The van der Waals surface area contributed by atoms with Gasteiger partial charge in [0.15, 0.2) is 0 Å². The summed E-state index contributed by atoms with van der Waals surface area (Å²) in [5.41, 5.74) is 1.93. The molecule has 2 aliphatic rings. The Hall–Kier alpha value is -1.35. The first kappa shape index (κ1) is 10.8. The highest BCUT2D eigenvalue weighted by molar-refractivity contribution is 5.95. The van der Waals surface area contributed by atoms with Gasteiger partial charge in [0.25, 0.3) is 5.91 Å². The zero-order chi connectivity index (χ0) is 11.8. The van der Waals surface area contributed by atoms with Crippen molar-refractivity contribution in [2.24, 2.45) is 0 Å². The second-order valence-electron chi connectivity index (χ2n) is 5.16. The molecule has 2 aliphatic heterocycles. The van der Waals surface area contributed by atoms with E-state index in [9.17, 15) is 4.79 Å². The Balaban J connectivity index is 1.81. The third kappa shape index (κ3) is 1.95. The van der Waals surface area contributed by atoms with Gasteiger partial charge in [0.05, 0.1) is 0 Å². The quantitative estimate of drug-likeness (QED) is 0.794. The third-order valence-corrected chi connectivity index (χ3v) is 3.88. The van der Waals surface area contributed by atoms with Gasteiger partial charge in [-0.25, -0.2) is 0 Å². The second-order valence-corrected chi connectivity index (χ2v) is 5.16. The van der Waals surface area contributed by atoms with Crippen molar-refractivity contribution < 1.29 is 4.79 Å².